The summed E-state index contributed by atoms with van der Waals surface area (Å²) in [5.74, 6) is 0. The zero-order chi connectivity index (χ0) is 30.6. The van der Waals surface area contributed by atoms with Gasteiger partial charge in [0.2, 0.25) is 0 Å². The minimum Gasteiger partial charge on any atom is -0.398 e. The van der Waals surface area contributed by atoms with Crippen LogP contribution in [0.4, 0.5) is 0 Å². The maximum absolute atomic E-state index is 6.68. The van der Waals surface area contributed by atoms with Crippen molar-refractivity contribution in [2.24, 2.45) is 10.7 Å². The molecule has 2 N–H and O–H groups in total. The second-order valence-electron chi connectivity index (χ2n) is 11.7. The standard InChI is InChI=1S/C42H29N3S/c43-34(29-13-3-1-4-14-29)25-35(30-15-5-2-6-16-30)44-26-45-36-22-19-27-11-7-9-17-31(27)39(36)33-21-24-38-41(42(33)45)40-32-18-10-8-12-28(32)20-23-37(40)46-38/h1-25H,26,43H2/b34-25-,44-35?. The molecule has 2 heterocycles. The molecular weight excluding hydrogens is 579 g/mol. The normalized spacial score (nSPS) is 12.8. The van der Waals surface area contributed by atoms with Gasteiger partial charge in [-0.05, 0) is 56.9 Å². The molecule has 0 aliphatic rings. The van der Waals surface area contributed by atoms with Gasteiger partial charge in [-0.1, -0.05) is 127 Å². The van der Waals surface area contributed by atoms with Gasteiger partial charge in [-0.2, -0.15) is 0 Å². The predicted octanol–water partition coefficient (Wildman–Crippen LogP) is 10.9. The van der Waals surface area contributed by atoms with Gasteiger partial charge in [-0.25, -0.2) is 0 Å². The summed E-state index contributed by atoms with van der Waals surface area (Å²) in [6, 6.07) is 51.5. The molecule has 7 aromatic carbocycles. The summed E-state index contributed by atoms with van der Waals surface area (Å²) in [5.41, 5.74) is 12.6. The quantitative estimate of drug-likeness (QED) is 0.194. The van der Waals surface area contributed by atoms with Crippen LogP contribution in [0.2, 0.25) is 0 Å². The van der Waals surface area contributed by atoms with Gasteiger partial charge in [0, 0.05) is 36.6 Å². The molecule has 0 fully saturated rings. The minimum absolute atomic E-state index is 0.447. The fourth-order valence-electron chi connectivity index (χ4n) is 6.97. The zero-order valence-corrected chi connectivity index (χ0v) is 25.8. The van der Waals surface area contributed by atoms with Crippen LogP contribution in [-0.4, -0.2) is 10.3 Å². The molecule has 218 valence electrons. The van der Waals surface area contributed by atoms with Crippen molar-refractivity contribution in [2.45, 2.75) is 6.67 Å². The van der Waals surface area contributed by atoms with Crippen LogP contribution < -0.4 is 5.73 Å². The molecule has 46 heavy (non-hydrogen) atoms. The molecule has 0 aliphatic heterocycles. The highest BCUT2D eigenvalue weighted by Crippen LogP contribution is 2.45. The molecule has 0 atom stereocenters. The number of allylic oxidation sites excluding steroid dienone is 1. The fraction of sp³-hybridized carbons (Fsp3) is 0.0238. The third-order valence-corrected chi connectivity index (χ3v) is 10.2. The van der Waals surface area contributed by atoms with E-state index in [0.29, 0.717) is 12.4 Å². The van der Waals surface area contributed by atoms with Gasteiger partial charge < -0.3 is 10.3 Å². The van der Waals surface area contributed by atoms with Crippen molar-refractivity contribution < 1.29 is 0 Å². The summed E-state index contributed by atoms with van der Waals surface area (Å²) in [5, 5.41) is 10.2. The molecule has 9 aromatic rings. The third-order valence-electron chi connectivity index (χ3n) is 9.09. The van der Waals surface area contributed by atoms with Crippen molar-refractivity contribution in [3.8, 4) is 0 Å². The molecule has 9 rings (SSSR count). The number of hydrogen-bond donors (Lipinski definition) is 1. The monoisotopic (exact) mass is 607 g/mol. The minimum atomic E-state index is 0.447. The van der Waals surface area contributed by atoms with Crippen molar-refractivity contribution in [3.63, 3.8) is 0 Å². The lowest BCUT2D eigenvalue weighted by Gasteiger charge is -2.10. The first kappa shape index (κ1) is 26.7. The Morgan fingerprint density at radius 2 is 1.15 bits per heavy atom. The largest absolute Gasteiger partial charge is 0.398 e. The predicted molar refractivity (Wildman–Crippen MR) is 199 cm³/mol. The Labute approximate surface area is 270 Å². The van der Waals surface area contributed by atoms with Crippen LogP contribution in [0, 0.1) is 0 Å². The number of hydrogen-bond acceptors (Lipinski definition) is 3. The Kier molecular flexibility index (Phi) is 6.22. The van der Waals surface area contributed by atoms with Crippen molar-refractivity contribution in [2.75, 3.05) is 0 Å². The molecule has 0 saturated heterocycles. The van der Waals surface area contributed by atoms with Gasteiger partial charge >= 0.3 is 0 Å². The van der Waals surface area contributed by atoms with Crippen molar-refractivity contribution in [1.82, 2.24) is 4.57 Å². The van der Waals surface area contributed by atoms with Crippen LogP contribution in [0.15, 0.2) is 157 Å². The summed E-state index contributed by atoms with van der Waals surface area (Å²) in [7, 11) is 0. The van der Waals surface area contributed by atoms with Gasteiger partial charge in [-0.3, -0.25) is 4.99 Å². The zero-order valence-electron chi connectivity index (χ0n) is 25.0. The van der Waals surface area contributed by atoms with E-state index in [-0.39, 0.29) is 0 Å². The Bertz CT molecular complexity index is 2660. The lowest BCUT2D eigenvalue weighted by Crippen LogP contribution is -2.06. The first-order valence-corrected chi connectivity index (χ1v) is 16.4. The van der Waals surface area contributed by atoms with E-state index in [0.717, 1.165) is 16.8 Å². The van der Waals surface area contributed by atoms with E-state index in [1.54, 1.807) is 0 Å². The number of thiophene rings is 1. The second-order valence-corrected chi connectivity index (χ2v) is 12.8. The summed E-state index contributed by atoms with van der Waals surface area (Å²) in [4.78, 5) is 5.34. The fourth-order valence-corrected chi connectivity index (χ4v) is 8.09. The van der Waals surface area contributed by atoms with Crippen molar-refractivity contribution in [1.29, 1.82) is 0 Å². The summed E-state index contributed by atoms with van der Waals surface area (Å²) < 4.78 is 5.01. The molecule has 0 radical (unpaired) electrons. The van der Waals surface area contributed by atoms with E-state index in [2.05, 4.69) is 114 Å². The number of rotatable bonds is 5. The van der Waals surface area contributed by atoms with Crippen molar-refractivity contribution >= 4 is 86.3 Å². The van der Waals surface area contributed by atoms with Gasteiger partial charge in [0.05, 0.1) is 16.7 Å². The second kappa shape index (κ2) is 10.7. The smallest absolute Gasteiger partial charge is 0.115 e. The third kappa shape index (κ3) is 4.22. The van der Waals surface area contributed by atoms with Gasteiger partial charge in [0.25, 0.3) is 0 Å². The Morgan fingerprint density at radius 1 is 0.565 bits per heavy atom. The molecule has 2 aromatic heterocycles. The molecule has 0 saturated carbocycles. The Balaban J connectivity index is 1.37. The van der Waals surface area contributed by atoms with Crippen LogP contribution in [0.25, 0.3) is 69.2 Å². The summed E-state index contributed by atoms with van der Waals surface area (Å²) in [6.07, 6.45) is 2.01. The molecular formula is C42H29N3S. The van der Waals surface area contributed by atoms with E-state index in [1.165, 1.54) is 63.5 Å². The van der Waals surface area contributed by atoms with Gasteiger partial charge in [0.15, 0.2) is 0 Å². The lowest BCUT2D eigenvalue weighted by atomic mass is 10.0. The van der Waals surface area contributed by atoms with E-state index in [4.69, 9.17) is 10.7 Å². The van der Waals surface area contributed by atoms with Crippen LogP contribution in [0.5, 0.6) is 0 Å². The Morgan fingerprint density at radius 3 is 1.89 bits per heavy atom. The van der Waals surface area contributed by atoms with Crippen molar-refractivity contribution in [3.05, 3.63) is 163 Å². The van der Waals surface area contributed by atoms with Crippen LogP contribution in [0.1, 0.15) is 11.1 Å². The number of benzene rings is 7. The highest BCUT2D eigenvalue weighted by atomic mass is 32.1. The number of nitrogens with two attached hydrogens (primary N) is 1. The van der Waals surface area contributed by atoms with E-state index >= 15 is 0 Å². The highest BCUT2D eigenvalue weighted by Gasteiger charge is 2.20. The maximum Gasteiger partial charge on any atom is 0.115 e. The van der Waals surface area contributed by atoms with E-state index < -0.39 is 0 Å². The van der Waals surface area contributed by atoms with E-state index in [9.17, 15) is 0 Å². The molecule has 3 nitrogen and oxygen atoms in total. The number of aliphatic imine (C=N–C) groups is 1. The molecule has 0 amide bonds. The van der Waals surface area contributed by atoms with Gasteiger partial charge in [0.1, 0.15) is 6.67 Å². The summed E-state index contributed by atoms with van der Waals surface area (Å²) in [6.45, 7) is 0.447. The van der Waals surface area contributed by atoms with Crippen LogP contribution in [0.3, 0.4) is 0 Å². The van der Waals surface area contributed by atoms with Gasteiger partial charge in [-0.15, -0.1) is 11.3 Å². The molecule has 0 spiro atoms. The maximum atomic E-state index is 6.68. The first-order valence-electron chi connectivity index (χ1n) is 15.5. The summed E-state index contributed by atoms with van der Waals surface area (Å²) >= 11 is 1.87. The number of fused-ring (bicyclic) bond motifs is 11. The van der Waals surface area contributed by atoms with Crippen LogP contribution in [-0.2, 0) is 6.67 Å². The topological polar surface area (TPSA) is 43.3 Å². The average molecular weight is 608 g/mol. The highest BCUT2D eigenvalue weighted by molar-refractivity contribution is 7.26. The molecule has 0 aliphatic carbocycles. The van der Waals surface area contributed by atoms with Crippen LogP contribution >= 0.6 is 11.3 Å². The lowest BCUT2D eigenvalue weighted by molar-refractivity contribution is 0.796. The number of aromatic nitrogens is 1. The molecule has 0 unspecified atom stereocenters. The molecule has 4 heteroatoms. The SMILES string of the molecule is N/C(=C\C(=NCn1c2ccc3ccccc3c2c2ccc3sc4ccc5ccccc5c4c3c21)c1ccccc1)c1ccccc1. The Hall–Kier alpha value is -5.71. The molecule has 0 bridgehead atoms. The first-order chi connectivity index (χ1) is 22.7. The van der Waals surface area contributed by atoms with E-state index in [1.807, 2.05) is 53.8 Å². The average Bonchev–Trinajstić information content (AvgIpc) is 3.66. The number of nitrogens with zero attached hydrogens (tertiary/aromatic N) is 2.